The summed E-state index contributed by atoms with van der Waals surface area (Å²) in [6.45, 7) is 4.04. The van der Waals surface area contributed by atoms with Gasteiger partial charge in [0.25, 0.3) is 0 Å². The SMILES string of the molecule is [CH2]CCCc1c(Cc2ccccc2)n(-c2ccncc2)c2ccccc12. The van der Waals surface area contributed by atoms with Gasteiger partial charge in [0.05, 0.1) is 5.52 Å². The van der Waals surface area contributed by atoms with Crippen LogP contribution in [-0.4, -0.2) is 9.55 Å². The number of aryl methyl sites for hydroxylation is 1. The van der Waals surface area contributed by atoms with Crippen molar-refractivity contribution in [3.63, 3.8) is 0 Å². The van der Waals surface area contributed by atoms with Gasteiger partial charge < -0.3 is 4.57 Å². The van der Waals surface area contributed by atoms with E-state index in [0.29, 0.717) is 0 Å². The molecule has 129 valence electrons. The molecule has 0 aliphatic heterocycles. The van der Waals surface area contributed by atoms with Crippen LogP contribution in [0.1, 0.15) is 29.7 Å². The fourth-order valence-electron chi connectivity index (χ4n) is 3.70. The highest BCUT2D eigenvalue weighted by Crippen LogP contribution is 2.32. The number of nitrogens with zero attached hydrogens (tertiary/aromatic N) is 2. The number of unbranched alkanes of at least 4 members (excludes halogenated alkanes) is 1. The van der Waals surface area contributed by atoms with Crippen molar-refractivity contribution in [1.29, 1.82) is 0 Å². The molecule has 1 radical (unpaired) electrons. The van der Waals surface area contributed by atoms with Crippen molar-refractivity contribution in [3.05, 3.63) is 103 Å². The minimum absolute atomic E-state index is 0.921. The average Bonchev–Trinajstić information content (AvgIpc) is 3.01. The van der Waals surface area contributed by atoms with Crippen molar-refractivity contribution in [2.24, 2.45) is 0 Å². The Morgan fingerprint density at radius 1 is 0.846 bits per heavy atom. The molecule has 0 saturated carbocycles. The van der Waals surface area contributed by atoms with E-state index in [0.717, 1.165) is 25.7 Å². The summed E-state index contributed by atoms with van der Waals surface area (Å²) in [7, 11) is 0. The van der Waals surface area contributed by atoms with Crippen molar-refractivity contribution in [2.45, 2.75) is 25.7 Å². The minimum atomic E-state index is 0.921. The number of rotatable bonds is 6. The molecule has 2 heteroatoms. The Kier molecular flexibility index (Phi) is 4.83. The molecule has 0 atom stereocenters. The third-order valence-corrected chi connectivity index (χ3v) is 4.90. The quantitative estimate of drug-likeness (QED) is 0.436. The number of fused-ring (bicyclic) bond motifs is 1. The largest absolute Gasteiger partial charge is 0.313 e. The molecule has 26 heavy (non-hydrogen) atoms. The van der Waals surface area contributed by atoms with Gasteiger partial charge in [-0.05, 0) is 42.2 Å². The maximum atomic E-state index is 4.20. The van der Waals surface area contributed by atoms with Crippen LogP contribution in [0.4, 0.5) is 0 Å². The minimum Gasteiger partial charge on any atom is -0.313 e. The highest BCUT2D eigenvalue weighted by atomic mass is 15.0. The third kappa shape index (κ3) is 3.15. The van der Waals surface area contributed by atoms with E-state index in [2.05, 4.69) is 83.2 Å². The van der Waals surface area contributed by atoms with Crippen LogP contribution >= 0.6 is 0 Å². The van der Waals surface area contributed by atoms with Gasteiger partial charge in [-0.15, -0.1) is 0 Å². The molecule has 0 N–H and O–H groups in total. The van der Waals surface area contributed by atoms with Gasteiger partial charge in [-0.2, -0.15) is 0 Å². The van der Waals surface area contributed by atoms with Crippen LogP contribution in [-0.2, 0) is 12.8 Å². The Hall–Kier alpha value is -2.87. The van der Waals surface area contributed by atoms with Gasteiger partial charge in [0.2, 0.25) is 0 Å². The zero-order chi connectivity index (χ0) is 17.8. The van der Waals surface area contributed by atoms with Crippen molar-refractivity contribution >= 4 is 10.9 Å². The Bertz CT molecular complexity index is 985. The van der Waals surface area contributed by atoms with Crippen molar-refractivity contribution in [3.8, 4) is 5.69 Å². The third-order valence-electron chi connectivity index (χ3n) is 4.90. The number of para-hydroxylation sites is 1. The van der Waals surface area contributed by atoms with Crippen LogP contribution in [0.5, 0.6) is 0 Å². The maximum Gasteiger partial charge on any atom is 0.0534 e. The molecule has 0 saturated heterocycles. The summed E-state index contributed by atoms with van der Waals surface area (Å²) in [5, 5.41) is 1.35. The van der Waals surface area contributed by atoms with E-state index in [4.69, 9.17) is 0 Å². The number of pyridine rings is 1. The second-order valence-electron chi connectivity index (χ2n) is 6.60. The summed E-state index contributed by atoms with van der Waals surface area (Å²) in [5.41, 5.74) is 6.59. The highest BCUT2D eigenvalue weighted by Gasteiger charge is 2.18. The topological polar surface area (TPSA) is 17.8 Å². The van der Waals surface area contributed by atoms with E-state index in [-0.39, 0.29) is 0 Å². The lowest BCUT2D eigenvalue weighted by atomic mass is 10.0. The first-order valence-electron chi connectivity index (χ1n) is 9.23. The Morgan fingerprint density at radius 2 is 1.58 bits per heavy atom. The van der Waals surface area contributed by atoms with Crippen LogP contribution in [0.3, 0.4) is 0 Å². The lowest BCUT2D eigenvalue weighted by molar-refractivity contribution is 0.825. The van der Waals surface area contributed by atoms with Crippen LogP contribution in [0, 0.1) is 6.92 Å². The van der Waals surface area contributed by atoms with Crippen molar-refractivity contribution in [1.82, 2.24) is 9.55 Å². The number of aromatic nitrogens is 2. The predicted molar refractivity (Wildman–Crippen MR) is 109 cm³/mol. The van der Waals surface area contributed by atoms with E-state index in [1.54, 1.807) is 0 Å². The Morgan fingerprint density at radius 3 is 2.35 bits per heavy atom. The summed E-state index contributed by atoms with van der Waals surface area (Å²) < 4.78 is 2.41. The number of hydrogen-bond acceptors (Lipinski definition) is 1. The molecule has 2 aromatic heterocycles. The standard InChI is InChI=1S/C24H23N2/c1-2-3-11-22-21-12-7-8-13-23(21)26(20-14-16-25-17-15-20)24(22)18-19-9-5-4-6-10-19/h4-10,12-17H,1-3,11,18H2. The maximum absolute atomic E-state index is 4.20. The molecule has 2 aromatic carbocycles. The molecule has 2 heterocycles. The van der Waals surface area contributed by atoms with Gasteiger partial charge in [-0.25, -0.2) is 0 Å². The molecule has 4 aromatic rings. The molecule has 0 aliphatic rings. The summed E-state index contributed by atoms with van der Waals surface area (Å²) in [6.07, 6.45) is 7.78. The molecule has 0 fully saturated rings. The van der Waals surface area contributed by atoms with E-state index in [9.17, 15) is 0 Å². The highest BCUT2D eigenvalue weighted by molar-refractivity contribution is 5.87. The summed E-state index contributed by atoms with van der Waals surface area (Å²) in [6, 6.07) is 23.6. The zero-order valence-corrected chi connectivity index (χ0v) is 14.9. The second kappa shape index (κ2) is 7.57. The molecule has 4 rings (SSSR count). The van der Waals surface area contributed by atoms with Crippen LogP contribution in [0.2, 0.25) is 0 Å². The molecule has 0 spiro atoms. The van der Waals surface area contributed by atoms with Crippen molar-refractivity contribution < 1.29 is 0 Å². The number of benzene rings is 2. The van der Waals surface area contributed by atoms with Crippen LogP contribution < -0.4 is 0 Å². The van der Waals surface area contributed by atoms with Crippen LogP contribution in [0.15, 0.2) is 79.1 Å². The lowest BCUT2D eigenvalue weighted by Gasteiger charge is -2.13. The van der Waals surface area contributed by atoms with Gasteiger partial charge in [0, 0.05) is 35.6 Å². The normalized spacial score (nSPS) is 11.1. The fourth-order valence-corrected chi connectivity index (χ4v) is 3.70. The lowest BCUT2D eigenvalue weighted by Crippen LogP contribution is -2.04. The van der Waals surface area contributed by atoms with E-state index < -0.39 is 0 Å². The van der Waals surface area contributed by atoms with Gasteiger partial charge >= 0.3 is 0 Å². The molecule has 2 nitrogen and oxygen atoms in total. The first kappa shape index (κ1) is 16.6. The van der Waals surface area contributed by atoms with E-state index >= 15 is 0 Å². The molecule has 0 bridgehead atoms. The second-order valence-corrected chi connectivity index (χ2v) is 6.60. The molecule has 0 aliphatic carbocycles. The fraction of sp³-hybridized carbons (Fsp3) is 0.167. The molecule has 0 amide bonds. The van der Waals surface area contributed by atoms with Gasteiger partial charge in [-0.1, -0.05) is 61.9 Å². The van der Waals surface area contributed by atoms with E-state index in [1.807, 2.05) is 12.4 Å². The first-order valence-corrected chi connectivity index (χ1v) is 9.23. The van der Waals surface area contributed by atoms with Crippen molar-refractivity contribution in [2.75, 3.05) is 0 Å². The average molecular weight is 339 g/mol. The monoisotopic (exact) mass is 339 g/mol. The van der Waals surface area contributed by atoms with Gasteiger partial charge in [-0.3, -0.25) is 4.98 Å². The van der Waals surface area contributed by atoms with Gasteiger partial charge in [0.1, 0.15) is 0 Å². The molecule has 0 unspecified atom stereocenters. The predicted octanol–water partition coefficient (Wildman–Crippen LogP) is 5.77. The Labute approximate surface area is 155 Å². The number of hydrogen-bond donors (Lipinski definition) is 0. The van der Waals surface area contributed by atoms with E-state index in [1.165, 1.54) is 33.4 Å². The summed E-state index contributed by atoms with van der Waals surface area (Å²) >= 11 is 0. The summed E-state index contributed by atoms with van der Waals surface area (Å²) in [4.78, 5) is 4.20. The molecular formula is C24H23N2. The Balaban J connectivity index is 1.95. The zero-order valence-electron chi connectivity index (χ0n) is 14.9. The first-order chi connectivity index (χ1) is 12.9. The van der Waals surface area contributed by atoms with Crippen LogP contribution in [0.25, 0.3) is 16.6 Å². The summed E-state index contributed by atoms with van der Waals surface area (Å²) in [5.74, 6) is 0. The smallest absolute Gasteiger partial charge is 0.0534 e. The van der Waals surface area contributed by atoms with Gasteiger partial charge in [0.15, 0.2) is 0 Å². The molecular weight excluding hydrogens is 316 g/mol.